The van der Waals surface area contributed by atoms with E-state index in [4.69, 9.17) is 5.26 Å². The number of nitrogens with one attached hydrogen (secondary N) is 1. The maximum Gasteiger partial charge on any atom is 0.253 e. The number of piperidine rings is 1. The summed E-state index contributed by atoms with van der Waals surface area (Å²) in [7, 11) is 0. The van der Waals surface area contributed by atoms with Crippen molar-refractivity contribution in [1.82, 2.24) is 14.9 Å². The average Bonchev–Trinajstić information content (AvgIpc) is 3.16. The number of likely N-dealkylation sites (tertiary alicyclic amines) is 1. The molecule has 0 spiro atoms. The zero-order valence-corrected chi connectivity index (χ0v) is 14.9. The molecule has 1 saturated heterocycles. The number of fused-ring (bicyclic) bond motifs is 1. The number of H-pyrrole nitrogens is 1. The van der Waals surface area contributed by atoms with E-state index in [-0.39, 0.29) is 18.4 Å². The van der Waals surface area contributed by atoms with Gasteiger partial charge in [-0.05, 0) is 48.2 Å². The van der Waals surface area contributed by atoms with Gasteiger partial charge in [0, 0.05) is 18.7 Å². The van der Waals surface area contributed by atoms with Crippen molar-refractivity contribution in [3.8, 4) is 17.2 Å². The normalized spacial score (nSPS) is 17.0. The molecule has 0 aliphatic carbocycles. The maximum absolute atomic E-state index is 12.7. The molecule has 1 aliphatic heterocycles. The number of aliphatic hydroxyl groups excluding tert-OH is 1. The fraction of sp³-hybridized carbons (Fsp3) is 0.286. The molecule has 1 aromatic heterocycles. The Morgan fingerprint density at radius 3 is 2.78 bits per heavy atom. The Morgan fingerprint density at radius 2 is 2.04 bits per heavy atom. The van der Waals surface area contributed by atoms with Gasteiger partial charge in [-0.1, -0.05) is 18.2 Å². The number of amides is 1. The van der Waals surface area contributed by atoms with Gasteiger partial charge in [0.1, 0.15) is 12.4 Å². The number of aromatic nitrogens is 2. The summed E-state index contributed by atoms with van der Waals surface area (Å²) in [6.45, 7) is 1.10. The molecule has 4 rings (SSSR count). The van der Waals surface area contributed by atoms with Crippen molar-refractivity contribution >= 4 is 16.9 Å². The van der Waals surface area contributed by atoms with E-state index in [0.29, 0.717) is 24.5 Å². The number of benzene rings is 2. The lowest BCUT2D eigenvalue weighted by Crippen LogP contribution is -2.39. The molecule has 1 fully saturated rings. The summed E-state index contributed by atoms with van der Waals surface area (Å²) in [5.74, 6) is 0.463. The van der Waals surface area contributed by atoms with Crippen LogP contribution in [-0.4, -0.2) is 39.0 Å². The predicted octanol–water partition coefficient (Wildman–Crippen LogP) is 3.10. The van der Waals surface area contributed by atoms with E-state index in [9.17, 15) is 9.90 Å². The molecule has 2 aromatic carbocycles. The molecule has 136 valence electrons. The van der Waals surface area contributed by atoms with Gasteiger partial charge in [0.15, 0.2) is 0 Å². The average molecular weight is 360 g/mol. The van der Waals surface area contributed by atoms with Gasteiger partial charge in [0.05, 0.1) is 23.0 Å². The highest BCUT2D eigenvalue weighted by molar-refractivity contribution is 5.95. The first-order chi connectivity index (χ1) is 13.2. The van der Waals surface area contributed by atoms with Crippen molar-refractivity contribution in [3.05, 3.63) is 53.9 Å². The van der Waals surface area contributed by atoms with Gasteiger partial charge < -0.3 is 15.0 Å². The monoisotopic (exact) mass is 360 g/mol. The zero-order valence-electron chi connectivity index (χ0n) is 14.9. The van der Waals surface area contributed by atoms with E-state index >= 15 is 0 Å². The first-order valence-corrected chi connectivity index (χ1v) is 9.07. The van der Waals surface area contributed by atoms with E-state index < -0.39 is 0 Å². The summed E-state index contributed by atoms with van der Waals surface area (Å²) in [4.78, 5) is 21.9. The van der Waals surface area contributed by atoms with Crippen molar-refractivity contribution in [2.45, 2.75) is 19.4 Å². The van der Waals surface area contributed by atoms with Gasteiger partial charge in [-0.2, -0.15) is 5.26 Å². The smallest absolute Gasteiger partial charge is 0.253 e. The number of aromatic amines is 1. The number of hydrogen-bond donors (Lipinski definition) is 2. The second-order valence-electron chi connectivity index (χ2n) is 6.87. The van der Waals surface area contributed by atoms with Crippen molar-refractivity contribution in [1.29, 1.82) is 5.26 Å². The Bertz CT molecular complexity index is 1020. The van der Waals surface area contributed by atoms with Crippen LogP contribution < -0.4 is 0 Å². The second kappa shape index (κ2) is 7.22. The fourth-order valence-corrected chi connectivity index (χ4v) is 3.57. The first-order valence-electron chi connectivity index (χ1n) is 9.07. The lowest BCUT2D eigenvalue weighted by molar-refractivity contribution is 0.0699. The van der Waals surface area contributed by atoms with Crippen LogP contribution in [0, 0.1) is 17.2 Å². The quantitative estimate of drug-likeness (QED) is 0.750. The largest absolute Gasteiger partial charge is 0.388 e. The Morgan fingerprint density at radius 1 is 1.26 bits per heavy atom. The molecule has 6 nitrogen and oxygen atoms in total. The molecule has 2 N–H and O–H groups in total. The molecule has 6 heteroatoms. The molecule has 1 atom stereocenters. The van der Waals surface area contributed by atoms with Gasteiger partial charge >= 0.3 is 0 Å². The molecular weight excluding hydrogens is 340 g/mol. The molecule has 1 aliphatic rings. The summed E-state index contributed by atoms with van der Waals surface area (Å²) >= 11 is 0. The SMILES string of the molecule is N#C[C@@H]1CCCN(C(=O)c2ccc(-c3ccc4nc(CO)[nH]c4c3)cc2)C1. The van der Waals surface area contributed by atoms with Crippen LogP contribution in [0.2, 0.25) is 0 Å². The van der Waals surface area contributed by atoms with Gasteiger partial charge in [0.25, 0.3) is 5.91 Å². The van der Waals surface area contributed by atoms with Crippen molar-refractivity contribution in [3.63, 3.8) is 0 Å². The molecular formula is C21H20N4O2. The molecule has 1 amide bonds. The standard InChI is InChI=1S/C21H20N4O2/c22-11-14-2-1-9-25(12-14)21(27)16-5-3-15(4-6-16)17-7-8-18-19(10-17)24-20(13-26)23-18/h3-8,10,14,26H,1-2,9,12-13H2,(H,23,24)/t14-/m0/s1. The van der Waals surface area contributed by atoms with E-state index in [1.165, 1.54) is 0 Å². The number of hydrogen-bond acceptors (Lipinski definition) is 4. The van der Waals surface area contributed by atoms with Crippen LogP contribution in [0.3, 0.4) is 0 Å². The van der Waals surface area contributed by atoms with Gasteiger partial charge in [-0.25, -0.2) is 4.98 Å². The maximum atomic E-state index is 12.7. The number of nitrogens with zero attached hydrogens (tertiary/aromatic N) is 3. The van der Waals surface area contributed by atoms with Crippen LogP contribution in [0.15, 0.2) is 42.5 Å². The van der Waals surface area contributed by atoms with Crippen LogP contribution in [-0.2, 0) is 6.61 Å². The molecule has 2 heterocycles. The minimum atomic E-state index is -0.121. The van der Waals surface area contributed by atoms with E-state index in [1.54, 1.807) is 4.90 Å². The summed E-state index contributed by atoms with van der Waals surface area (Å²) < 4.78 is 0. The molecule has 0 radical (unpaired) electrons. The summed E-state index contributed by atoms with van der Waals surface area (Å²) in [5, 5.41) is 18.3. The Balaban J connectivity index is 1.55. The Labute approximate surface area is 157 Å². The van der Waals surface area contributed by atoms with Crippen LogP contribution in [0.25, 0.3) is 22.2 Å². The Kier molecular flexibility index (Phi) is 4.61. The first kappa shape index (κ1) is 17.3. The number of carbonyl (C=O) groups is 1. The summed E-state index contributed by atoms with van der Waals surface area (Å²) in [6, 6.07) is 15.7. The minimum absolute atomic E-state index is 0.0156. The van der Waals surface area contributed by atoms with Crippen LogP contribution in [0.4, 0.5) is 0 Å². The fourth-order valence-electron chi connectivity index (χ4n) is 3.57. The zero-order chi connectivity index (χ0) is 18.8. The molecule has 0 saturated carbocycles. The topological polar surface area (TPSA) is 93.0 Å². The van der Waals surface area contributed by atoms with Crippen LogP contribution >= 0.6 is 0 Å². The number of aliphatic hydroxyl groups is 1. The van der Waals surface area contributed by atoms with Crippen LogP contribution in [0.1, 0.15) is 29.0 Å². The third-order valence-corrected chi connectivity index (χ3v) is 5.04. The van der Waals surface area contributed by atoms with E-state index in [0.717, 1.165) is 35.0 Å². The predicted molar refractivity (Wildman–Crippen MR) is 102 cm³/mol. The highest BCUT2D eigenvalue weighted by Crippen LogP contribution is 2.25. The second-order valence-corrected chi connectivity index (χ2v) is 6.87. The van der Waals surface area contributed by atoms with Crippen molar-refractivity contribution in [2.24, 2.45) is 5.92 Å². The lowest BCUT2D eigenvalue weighted by Gasteiger charge is -2.29. The van der Waals surface area contributed by atoms with Crippen LogP contribution in [0.5, 0.6) is 0 Å². The third-order valence-electron chi connectivity index (χ3n) is 5.04. The molecule has 0 unspecified atom stereocenters. The van der Waals surface area contributed by atoms with Crippen molar-refractivity contribution in [2.75, 3.05) is 13.1 Å². The molecule has 3 aromatic rings. The third kappa shape index (κ3) is 3.42. The van der Waals surface area contributed by atoms with E-state index in [2.05, 4.69) is 16.0 Å². The lowest BCUT2D eigenvalue weighted by atomic mass is 9.98. The van der Waals surface area contributed by atoms with Gasteiger partial charge in [-0.15, -0.1) is 0 Å². The Hall–Kier alpha value is -3.17. The molecule has 0 bridgehead atoms. The highest BCUT2D eigenvalue weighted by atomic mass is 16.3. The number of rotatable bonds is 3. The highest BCUT2D eigenvalue weighted by Gasteiger charge is 2.24. The summed E-state index contributed by atoms with van der Waals surface area (Å²) in [5.41, 5.74) is 4.33. The molecule has 27 heavy (non-hydrogen) atoms. The minimum Gasteiger partial charge on any atom is -0.388 e. The summed E-state index contributed by atoms with van der Waals surface area (Å²) in [6.07, 6.45) is 1.75. The number of imidazole rings is 1. The van der Waals surface area contributed by atoms with E-state index in [1.807, 2.05) is 42.5 Å². The number of carbonyl (C=O) groups excluding carboxylic acids is 1. The van der Waals surface area contributed by atoms with Gasteiger partial charge in [0.2, 0.25) is 0 Å². The van der Waals surface area contributed by atoms with Gasteiger partial charge in [-0.3, -0.25) is 4.79 Å². The van der Waals surface area contributed by atoms with Crippen molar-refractivity contribution < 1.29 is 9.90 Å². The number of nitriles is 1.